The van der Waals surface area contributed by atoms with Crippen molar-refractivity contribution in [3.05, 3.63) is 23.8 Å². The first-order valence-corrected chi connectivity index (χ1v) is 7.30. The lowest BCUT2D eigenvalue weighted by Crippen LogP contribution is -2.25. The largest absolute Gasteiger partial charge is 0.486 e. The molecule has 0 radical (unpaired) electrons. The molecule has 19 heavy (non-hydrogen) atoms. The summed E-state index contributed by atoms with van der Waals surface area (Å²) in [7, 11) is 0. The van der Waals surface area contributed by atoms with Gasteiger partial charge >= 0.3 is 0 Å². The van der Waals surface area contributed by atoms with Crippen LogP contribution in [0.2, 0.25) is 0 Å². The smallest absolute Gasteiger partial charge is 0.161 e. The first-order valence-electron chi connectivity index (χ1n) is 7.30. The maximum absolute atomic E-state index is 10.9. The average Bonchev–Trinajstić information content (AvgIpc) is 2.61. The predicted molar refractivity (Wildman–Crippen MR) is 73.6 cm³/mol. The Morgan fingerprint density at radius 2 is 1.89 bits per heavy atom. The quantitative estimate of drug-likeness (QED) is 0.790. The standard InChI is InChI=1S/C16H22O3/c1-12-3-2-7-16(17,8-6-12)13-4-5-14-15(11-13)19-10-9-18-14/h4-5,11-12,17H,2-3,6-10H2,1H3. The summed E-state index contributed by atoms with van der Waals surface area (Å²) in [6.07, 6.45) is 5.08. The Labute approximate surface area is 114 Å². The number of ether oxygens (including phenoxy) is 2. The zero-order valence-corrected chi connectivity index (χ0v) is 11.5. The Bertz CT molecular complexity index is 457. The topological polar surface area (TPSA) is 38.7 Å². The van der Waals surface area contributed by atoms with Gasteiger partial charge in [0.15, 0.2) is 11.5 Å². The van der Waals surface area contributed by atoms with Crippen molar-refractivity contribution in [1.29, 1.82) is 0 Å². The van der Waals surface area contributed by atoms with Gasteiger partial charge in [-0.3, -0.25) is 0 Å². The molecule has 1 aromatic carbocycles. The van der Waals surface area contributed by atoms with Gasteiger partial charge in [0.25, 0.3) is 0 Å². The summed E-state index contributed by atoms with van der Waals surface area (Å²) in [5.41, 5.74) is 0.284. The maximum Gasteiger partial charge on any atom is 0.161 e. The van der Waals surface area contributed by atoms with E-state index in [2.05, 4.69) is 6.92 Å². The highest BCUT2D eigenvalue weighted by Crippen LogP contribution is 2.41. The highest BCUT2D eigenvalue weighted by atomic mass is 16.6. The summed E-state index contributed by atoms with van der Waals surface area (Å²) in [5, 5.41) is 10.9. The molecule has 0 spiro atoms. The second kappa shape index (κ2) is 5.04. The van der Waals surface area contributed by atoms with Crippen molar-refractivity contribution in [3.63, 3.8) is 0 Å². The maximum atomic E-state index is 10.9. The third-order valence-electron chi connectivity index (χ3n) is 4.42. The molecule has 0 bridgehead atoms. The van der Waals surface area contributed by atoms with Crippen LogP contribution in [-0.2, 0) is 5.60 Å². The number of fused-ring (bicyclic) bond motifs is 1. The van der Waals surface area contributed by atoms with Crippen molar-refractivity contribution in [2.45, 2.75) is 44.6 Å². The summed E-state index contributed by atoms with van der Waals surface area (Å²) in [5.74, 6) is 2.28. The summed E-state index contributed by atoms with van der Waals surface area (Å²) in [6, 6.07) is 5.88. The molecule has 1 aromatic rings. The lowest BCUT2D eigenvalue weighted by Gasteiger charge is -2.29. The van der Waals surface area contributed by atoms with Gasteiger partial charge in [-0.25, -0.2) is 0 Å². The van der Waals surface area contributed by atoms with Crippen molar-refractivity contribution in [2.24, 2.45) is 5.92 Å². The summed E-state index contributed by atoms with van der Waals surface area (Å²) in [4.78, 5) is 0. The van der Waals surface area contributed by atoms with E-state index in [4.69, 9.17) is 9.47 Å². The molecule has 1 saturated carbocycles. The Hall–Kier alpha value is -1.22. The van der Waals surface area contributed by atoms with Gasteiger partial charge in [-0.1, -0.05) is 19.4 Å². The van der Waals surface area contributed by atoms with E-state index in [1.54, 1.807) is 0 Å². The van der Waals surface area contributed by atoms with E-state index in [-0.39, 0.29) is 0 Å². The number of benzene rings is 1. The fourth-order valence-corrected chi connectivity index (χ4v) is 3.12. The van der Waals surface area contributed by atoms with E-state index in [0.29, 0.717) is 19.1 Å². The van der Waals surface area contributed by atoms with E-state index in [0.717, 1.165) is 42.7 Å². The van der Waals surface area contributed by atoms with Gasteiger partial charge in [-0.2, -0.15) is 0 Å². The molecule has 1 fully saturated rings. The van der Waals surface area contributed by atoms with E-state index >= 15 is 0 Å². The molecule has 1 N–H and O–H groups in total. The molecular formula is C16H22O3. The fraction of sp³-hybridized carbons (Fsp3) is 0.625. The van der Waals surface area contributed by atoms with Crippen LogP contribution < -0.4 is 9.47 Å². The number of hydrogen-bond donors (Lipinski definition) is 1. The number of hydrogen-bond acceptors (Lipinski definition) is 3. The van der Waals surface area contributed by atoms with Crippen molar-refractivity contribution in [1.82, 2.24) is 0 Å². The second-order valence-corrected chi connectivity index (χ2v) is 5.93. The summed E-state index contributed by atoms with van der Waals surface area (Å²) < 4.78 is 11.1. The minimum atomic E-state index is -0.694. The molecule has 3 heteroatoms. The molecule has 3 rings (SSSR count). The highest BCUT2D eigenvalue weighted by molar-refractivity contribution is 5.45. The minimum Gasteiger partial charge on any atom is -0.486 e. The third kappa shape index (κ3) is 2.57. The number of aliphatic hydroxyl groups is 1. The SMILES string of the molecule is CC1CCCC(O)(c2ccc3c(c2)OCCO3)CC1. The van der Waals surface area contributed by atoms with Gasteiger partial charge in [0, 0.05) is 0 Å². The molecule has 3 nitrogen and oxygen atoms in total. The zero-order valence-electron chi connectivity index (χ0n) is 11.5. The molecule has 104 valence electrons. The first-order chi connectivity index (χ1) is 9.17. The molecule has 2 atom stereocenters. The van der Waals surface area contributed by atoms with Crippen molar-refractivity contribution < 1.29 is 14.6 Å². The van der Waals surface area contributed by atoms with E-state index in [1.807, 2.05) is 18.2 Å². The van der Waals surface area contributed by atoms with Crippen molar-refractivity contribution in [2.75, 3.05) is 13.2 Å². The van der Waals surface area contributed by atoms with Crippen LogP contribution in [0.25, 0.3) is 0 Å². The van der Waals surface area contributed by atoms with Gasteiger partial charge in [0.1, 0.15) is 13.2 Å². The van der Waals surface area contributed by atoms with Crippen LogP contribution in [0.5, 0.6) is 11.5 Å². The van der Waals surface area contributed by atoms with Crippen LogP contribution in [0.15, 0.2) is 18.2 Å². The molecule has 1 aliphatic carbocycles. The molecule has 2 aliphatic rings. The Morgan fingerprint density at radius 1 is 1.11 bits per heavy atom. The Balaban J connectivity index is 1.88. The lowest BCUT2D eigenvalue weighted by molar-refractivity contribution is 0.0193. The lowest BCUT2D eigenvalue weighted by atomic mass is 9.86. The Morgan fingerprint density at radius 3 is 2.74 bits per heavy atom. The van der Waals surface area contributed by atoms with Gasteiger partial charge < -0.3 is 14.6 Å². The van der Waals surface area contributed by atoms with Crippen LogP contribution in [0.4, 0.5) is 0 Å². The molecule has 0 amide bonds. The normalized spacial score (nSPS) is 30.7. The average molecular weight is 262 g/mol. The molecule has 2 unspecified atom stereocenters. The summed E-state index contributed by atoms with van der Waals surface area (Å²) in [6.45, 7) is 3.47. The van der Waals surface area contributed by atoms with Gasteiger partial charge in [0.2, 0.25) is 0 Å². The van der Waals surface area contributed by atoms with E-state index < -0.39 is 5.60 Å². The molecule has 1 aliphatic heterocycles. The molecule has 1 heterocycles. The predicted octanol–water partition coefficient (Wildman–Crippen LogP) is 3.25. The van der Waals surface area contributed by atoms with Crippen LogP contribution in [0.3, 0.4) is 0 Å². The van der Waals surface area contributed by atoms with Gasteiger partial charge in [-0.15, -0.1) is 0 Å². The van der Waals surface area contributed by atoms with Crippen LogP contribution >= 0.6 is 0 Å². The van der Waals surface area contributed by atoms with Crippen molar-refractivity contribution >= 4 is 0 Å². The minimum absolute atomic E-state index is 0.589. The van der Waals surface area contributed by atoms with Gasteiger partial charge in [-0.05, 0) is 49.3 Å². The Kier molecular flexibility index (Phi) is 3.40. The monoisotopic (exact) mass is 262 g/mol. The van der Waals surface area contributed by atoms with Crippen LogP contribution in [0.1, 0.15) is 44.6 Å². The summed E-state index contributed by atoms with van der Waals surface area (Å²) >= 11 is 0. The van der Waals surface area contributed by atoms with E-state index in [1.165, 1.54) is 6.42 Å². The highest BCUT2D eigenvalue weighted by Gasteiger charge is 2.32. The third-order valence-corrected chi connectivity index (χ3v) is 4.42. The van der Waals surface area contributed by atoms with Crippen LogP contribution in [0, 0.1) is 5.92 Å². The van der Waals surface area contributed by atoms with Gasteiger partial charge in [0.05, 0.1) is 5.60 Å². The van der Waals surface area contributed by atoms with Crippen LogP contribution in [-0.4, -0.2) is 18.3 Å². The number of rotatable bonds is 1. The van der Waals surface area contributed by atoms with Crippen molar-refractivity contribution in [3.8, 4) is 11.5 Å². The fourth-order valence-electron chi connectivity index (χ4n) is 3.12. The molecule has 0 saturated heterocycles. The second-order valence-electron chi connectivity index (χ2n) is 5.93. The molecular weight excluding hydrogens is 240 g/mol. The zero-order chi connectivity index (χ0) is 13.3. The van der Waals surface area contributed by atoms with E-state index in [9.17, 15) is 5.11 Å². The first kappa shape index (κ1) is 12.8. The molecule has 0 aromatic heterocycles.